The van der Waals surface area contributed by atoms with Gasteiger partial charge in [0.2, 0.25) is 11.2 Å². The molecule has 6 nitrogen and oxygen atoms in total. The number of anilines is 1. The molecule has 1 amide bonds. The molecule has 1 heterocycles. The van der Waals surface area contributed by atoms with Gasteiger partial charge in [-0.2, -0.15) is 0 Å². The van der Waals surface area contributed by atoms with Crippen molar-refractivity contribution in [2.75, 3.05) is 11.9 Å². The van der Waals surface area contributed by atoms with Crippen LogP contribution in [-0.4, -0.2) is 12.5 Å². The van der Waals surface area contributed by atoms with Crippen molar-refractivity contribution < 1.29 is 18.7 Å². The SMILES string of the molecule is O=C(COc1ccc2c(=O)c(Oc3ccc(-c4ccccc4)cc3)coc2c1)Nc1cccc(Cl)c1Cl. The molecule has 4 aromatic carbocycles. The molecule has 0 spiro atoms. The quantitative estimate of drug-likeness (QED) is 0.234. The molecule has 1 aromatic heterocycles. The summed E-state index contributed by atoms with van der Waals surface area (Å²) in [7, 11) is 0. The van der Waals surface area contributed by atoms with Gasteiger partial charge in [-0.15, -0.1) is 0 Å². The lowest BCUT2D eigenvalue weighted by atomic mass is 10.1. The third-order valence-electron chi connectivity index (χ3n) is 5.50. The Morgan fingerprint density at radius 1 is 0.838 bits per heavy atom. The zero-order valence-corrected chi connectivity index (χ0v) is 20.8. The maximum Gasteiger partial charge on any atom is 0.262 e. The van der Waals surface area contributed by atoms with Crippen LogP contribution in [0.15, 0.2) is 106 Å². The van der Waals surface area contributed by atoms with E-state index in [0.717, 1.165) is 11.1 Å². The van der Waals surface area contributed by atoms with Gasteiger partial charge in [-0.05, 0) is 47.5 Å². The maximum absolute atomic E-state index is 12.9. The van der Waals surface area contributed by atoms with Crippen LogP contribution in [0.4, 0.5) is 5.69 Å². The lowest BCUT2D eigenvalue weighted by Crippen LogP contribution is -2.20. The first-order valence-corrected chi connectivity index (χ1v) is 12.0. The molecule has 8 heteroatoms. The number of fused-ring (bicyclic) bond motifs is 1. The molecule has 0 bridgehead atoms. The minimum Gasteiger partial charge on any atom is -0.484 e. The lowest BCUT2D eigenvalue weighted by molar-refractivity contribution is -0.118. The van der Waals surface area contributed by atoms with Crippen molar-refractivity contribution in [1.82, 2.24) is 0 Å². The van der Waals surface area contributed by atoms with Crippen LogP contribution < -0.4 is 20.2 Å². The molecule has 0 aliphatic carbocycles. The molecule has 1 N–H and O–H groups in total. The van der Waals surface area contributed by atoms with Crippen molar-refractivity contribution in [2.24, 2.45) is 0 Å². The Morgan fingerprint density at radius 3 is 2.35 bits per heavy atom. The van der Waals surface area contributed by atoms with Gasteiger partial charge >= 0.3 is 0 Å². The topological polar surface area (TPSA) is 77.8 Å². The van der Waals surface area contributed by atoms with Crippen molar-refractivity contribution in [2.45, 2.75) is 0 Å². The fourth-order valence-corrected chi connectivity index (χ4v) is 4.01. The monoisotopic (exact) mass is 531 g/mol. The van der Waals surface area contributed by atoms with Gasteiger partial charge in [-0.1, -0.05) is 71.7 Å². The number of carbonyl (C=O) groups excluding carboxylic acids is 1. The maximum atomic E-state index is 12.9. The second-order valence-electron chi connectivity index (χ2n) is 8.02. The van der Waals surface area contributed by atoms with Crippen molar-refractivity contribution in [3.63, 3.8) is 0 Å². The number of halogens is 2. The highest BCUT2D eigenvalue weighted by Gasteiger charge is 2.12. The van der Waals surface area contributed by atoms with E-state index in [4.69, 9.17) is 37.1 Å². The van der Waals surface area contributed by atoms with Gasteiger partial charge in [0.15, 0.2) is 6.61 Å². The predicted molar refractivity (Wildman–Crippen MR) is 145 cm³/mol. The third kappa shape index (κ3) is 5.61. The van der Waals surface area contributed by atoms with Crippen molar-refractivity contribution in [3.8, 4) is 28.4 Å². The second kappa shape index (κ2) is 10.8. The minimum atomic E-state index is -0.423. The van der Waals surface area contributed by atoms with E-state index in [0.29, 0.717) is 33.2 Å². The summed E-state index contributed by atoms with van der Waals surface area (Å²) in [4.78, 5) is 25.2. The second-order valence-corrected chi connectivity index (χ2v) is 8.80. The molecule has 0 aliphatic rings. The normalized spacial score (nSPS) is 10.8. The van der Waals surface area contributed by atoms with Crippen molar-refractivity contribution >= 4 is 45.8 Å². The summed E-state index contributed by atoms with van der Waals surface area (Å²) < 4.78 is 17.0. The highest BCUT2D eigenvalue weighted by molar-refractivity contribution is 6.44. The molecule has 0 radical (unpaired) electrons. The molecular weight excluding hydrogens is 513 g/mol. The number of nitrogens with one attached hydrogen (secondary N) is 1. The highest BCUT2D eigenvalue weighted by Crippen LogP contribution is 2.30. The number of carbonyl (C=O) groups is 1. The van der Waals surface area contributed by atoms with Crippen LogP contribution in [0.1, 0.15) is 0 Å². The van der Waals surface area contributed by atoms with Crippen LogP contribution in [0, 0.1) is 0 Å². The van der Waals surface area contributed by atoms with Gasteiger partial charge < -0.3 is 19.2 Å². The Balaban J connectivity index is 1.26. The van der Waals surface area contributed by atoms with Gasteiger partial charge in [-0.3, -0.25) is 9.59 Å². The highest BCUT2D eigenvalue weighted by atomic mass is 35.5. The van der Waals surface area contributed by atoms with E-state index in [9.17, 15) is 9.59 Å². The summed E-state index contributed by atoms with van der Waals surface area (Å²) in [6.45, 7) is -0.279. The van der Waals surface area contributed by atoms with Crippen molar-refractivity contribution in [1.29, 1.82) is 0 Å². The molecule has 0 saturated heterocycles. The Hall–Kier alpha value is -4.26. The molecule has 0 fully saturated rings. The number of benzene rings is 4. The van der Waals surface area contributed by atoms with Crippen LogP contribution in [0.25, 0.3) is 22.1 Å². The standard InChI is InChI=1S/C29H19Cl2NO5/c30-23-7-4-8-24(28(23)31)32-27(33)17-35-21-13-14-22-25(15-21)36-16-26(29(22)34)37-20-11-9-19(10-12-20)18-5-2-1-3-6-18/h1-16H,17H2,(H,32,33). The van der Waals surface area contributed by atoms with E-state index < -0.39 is 5.91 Å². The molecule has 37 heavy (non-hydrogen) atoms. The molecule has 5 aromatic rings. The van der Waals surface area contributed by atoms with E-state index in [1.165, 1.54) is 12.3 Å². The Labute approximate surface area is 222 Å². The van der Waals surface area contributed by atoms with Crippen LogP contribution in [0.5, 0.6) is 17.2 Å². The zero-order chi connectivity index (χ0) is 25.8. The number of hydrogen-bond donors (Lipinski definition) is 1. The molecule has 0 unspecified atom stereocenters. The van der Waals surface area contributed by atoms with Gasteiger partial charge in [0, 0.05) is 6.07 Å². The van der Waals surface area contributed by atoms with Gasteiger partial charge in [0.25, 0.3) is 5.91 Å². The number of hydrogen-bond acceptors (Lipinski definition) is 5. The van der Waals surface area contributed by atoms with E-state index in [1.54, 1.807) is 42.5 Å². The van der Waals surface area contributed by atoms with E-state index in [2.05, 4.69) is 5.32 Å². The summed E-state index contributed by atoms with van der Waals surface area (Å²) in [5, 5.41) is 3.54. The van der Waals surface area contributed by atoms with Gasteiger partial charge in [0.05, 0.1) is 21.1 Å². The first-order chi connectivity index (χ1) is 18.0. The number of amides is 1. The number of rotatable bonds is 7. The largest absolute Gasteiger partial charge is 0.484 e. The first-order valence-electron chi connectivity index (χ1n) is 11.2. The molecule has 0 aliphatic heterocycles. The van der Waals surface area contributed by atoms with Crippen LogP contribution in [-0.2, 0) is 4.79 Å². The minimum absolute atomic E-state index is 0.0615. The zero-order valence-electron chi connectivity index (χ0n) is 19.2. The van der Waals surface area contributed by atoms with E-state index in [-0.39, 0.29) is 22.8 Å². The third-order valence-corrected chi connectivity index (χ3v) is 6.32. The molecule has 5 rings (SSSR count). The summed E-state index contributed by atoms with van der Waals surface area (Å²) in [5.74, 6) is 0.504. The Kier molecular flexibility index (Phi) is 7.12. The summed E-state index contributed by atoms with van der Waals surface area (Å²) in [6, 6.07) is 27.0. The van der Waals surface area contributed by atoms with Crippen LogP contribution >= 0.6 is 23.2 Å². The average molecular weight is 532 g/mol. The molecule has 0 saturated carbocycles. The smallest absolute Gasteiger partial charge is 0.262 e. The predicted octanol–water partition coefficient (Wildman–Crippen LogP) is 7.58. The summed E-state index contributed by atoms with van der Waals surface area (Å²) >= 11 is 12.1. The molecule has 0 atom stereocenters. The van der Waals surface area contributed by atoms with Crippen LogP contribution in [0.2, 0.25) is 10.0 Å². The van der Waals surface area contributed by atoms with Crippen LogP contribution in [0.3, 0.4) is 0 Å². The van der Waals surface area contributed by atoms with Crippen molar-refractivity contribution in [3.05, 3.63) is 118 Å². The van der Waals surface area contributed by atoms with Gasteiger partial charge in [0.1, 0.15) is 23.3 Å². The molecule has 184 valence electrons. The average Bonchev–Trinajstić information content (AvgIpc) is 2.92. The summed E-state index contributed by atoms with van der Waals surface area (Å²) in [5.41, 5.74) is 2.48. The van der Waals surface area contributed by atoms with Gasteiger partial charge in [-0.25, -0.2) is 0 Å². The molecular formula is C29H19Cl2NO5. The first kappa shape index (κ1) is 24.4. The lowest BCUT2D eigenvalue weighted by Gasteiger charge is -2.10. The van der Waals surface area contributed by atoms with E-state index in [1.807, 2.05) is 42.5 Å². The fraction of sp³-hybridized carbons (Fsp3) is 0.0345. The number of ether oxygens (including phenoxy) is 2. The fourth-order valence-electron chi connectivity index (χ4n) is 3.66. The summed E-state index contributed by atoms with van der Waals surface area (Å²) in [6.07, 6.45) is 1.26. The Morgan fingerprint density at radius 2 is 1.57 bits per heavy atom. The van der Waals surface area contributed by atoms with E-state index >= 15 is 0 Å². The Bertz CT molecular complexity index is 1630.